The fraction of sp³-hybridized carbons (Fsp3) is 0.364. The van der Waals surface area contributed by atoms with E-state index >= 15 is 0 Å². The summed E-state index contributed by atoms with van der Waals surface area (Å²) in [6, 6.07) is 1.85. The second-order valence-electron chi connectivity index (χ2n) is 3.61. The number of hydrogen-bond donors (Lipinski definition) is 0. The van der Waals surface area contributed by atoms with Crippen LogP contribution < -0.4 is 0 Å². The Hall–Kier alpha value is -0.830. The van der Waals surface area contributed by atoms with Crippen LogP contribution in [-0.4, -0.2) is 10.4 Å². The Bertz CT molecular complexity index is 352. The summed E-state index contributed by atoms with van der Waals surface area (Å²) < 4.78 is 2.84. The fourth-order valence-electron chi connectivity index (χ4n) is 1.22. The molecule has 3 heteroatoms. The third kappa shape index (κ3) is 2.84. The summed E-state index contributed by atoms with van der Waals surface area (Å²) >= 11 is 3.29. The molecule has 0 amide bonds. The van der Waals surface area contributed by atoms with Gasteiger partial charge in [0, 0.05) is 28.4 Å². The molecule has 1 aromatic heterocycles. The quantitative estimate of drug-likeness (QED) is 0.758. The molecule has 0 aliphatic carbocycles. The standard InChI is InChI=1S/C11H14BrNO/c1-8(2)11(14)10-4-5-13(7-10)6-9(3)12/h4-5,7-8H,3,6H2,1-2H3. The first kappa shape index (κ1) is 11.2. The first-order valence-electron chi connectivity index (χ1n) is 4.54. The molecule has 1 aromatic rings. The molecule has 0 saturated heterocycles. The van der Waals surface area contributed by atoms with E-state index in [2.05, 4.69) is 22.5 Å². The predicted molar refractivity (Wildman–Crippen MR) is 61.7 cm³/mol. The molecule has 0 bridgehead atoms. The minimum atomic E-state index is 0.0537. The van der Waals surface area contributed by atoms with Gasteiger partial charge in [0.1, 0.15) is 0 Å². The van der Waals surface area contributed by atoms with Crippen molar-refractivity contribution in [1.29, 1.82) is 0 Å². The average Bonchev–Trinajstić information content (AvgIpc) is 2.50. The van der Waals surface area contributed by atoms with E-state index in [-0.39, 0.29) is 11.7 Å². The van der Waals surface area contributed by atoms with Gasteiger partial charge in [0.05, 0.1) is 6.54 Å². The smallest absolute Gasteiger partial charge is 0.166 e. The largest absolute Gasteiger partial charge is 0.349 e. The number of nitrogens with zero attached hydrogens (tertiary/aromatic N) is 1. The van der Waals surface area contributed by atoms with E-state index in [1.54, 1.807) is 0 Å². The van der Waals surface area contributed by atoms with Gasteiger partial charge in [-0.25, -0.2) is 0 Å². The number of hydrogen-bond acceptors (Lipinski definition) is 1. The lowest BCUT2D eigenvalue weighted by atomic mass is 10.0. The lowest BCUT2D eigenvalue weighted by Gasteiger charge is -2.01. The lowest BCUT2D eigenvalue weighted by Crippen LogP contribution is -2.06. The second kappa shape index (κ2) is 4.60. The fourth-order valence-corrected chi connectivity index (χ4v) is 1.51. The number of allylic oxidation sites excluding steroid dienone is 1. The van der Waals surface area contributed by atoms with Gasteiger partial charge in [-0.2, -0.15) is 0 Å². The number of rotatable bonds is 4. The van der Waals surface area contributed by atoms with Gasteiger partial charge < -0.3 is 4.57 Å². The molecule has 0 saturated carbocycles. The van der Waals surface area contributed by atoms with E-state index < -0.39 is 0 Å². The van der Waals surface area contributed by atoms with Crippen molar-refractivity contribution in [1.82, 2.24) is 4.57 Å². The minimum Gasteiger partial charge on any atom is -0.349 e. The molecule has 76 valence electrons. The lowest BCUT2D eigenvalue weighted by molar-refractivity contribution is 0.0939. The molecule has 0 fully saturated rings. The first-order chi connectivity index (χ1) is 6.50. The summed E-state index contributed by atoms with van der Waals surface area (Å²) in [4.78, 5) is 11.6. The zero-order valence-corrected chi connectivity index (χ0v) is 10.0. The Morgan fingerprint density at radius 1 is 1.64 bits per heavy atom. The van der Waals surface area contributed by atoms with Gasteiger partial charge in [0.25, 0.3) is 0 Å². The summed E-state index contributed by atoms with van der Waals surface area (Å²) in [6.45, 7) is 8.26. The van der Waals surface area contributed by atoms with E-state index in [1.807, 2.05) is 36.9 Å². The van der Waals surface area contributed by atoms with Crippen molar-refractivity contribution in [2.45, 2.75) is 20.4 Å². The van der Waals surface area contributed by atoms with Gasteiger partial charge in [-0.05, 0) is 6.07 Å². The van der Waals surface area contributed by atoms with Crippen LogP contribution in [0.1, 0.15) is 24.2 Å². The van der Waals surface area contributed by atoms with Gasteiger partial charge in [-0.15, -0.1) is 0 Å². The number of aromatic nitrogens is 1. The Morgan fingerprint density at radius 3 is 2.79 bits per heavy atom. The van der Waals surface area contributed by atoms with Crippen LogP contribution in [0.4, 0.5) is 0 Å². The maximum atomic E-state index is 11.6. The van der Waals surface area contributed by atoms with E-state index in [0.717, 1.165) is 10.0 Å². The molecule has 2 nitrogen and oxygen atoms in total. The van der Waals surface area contributed by atoms with E-state index in [9.17, 15) is 4.79 Å². The molecule has 14 heavy (non-hydrogen) atoms. The van der Waals surface area contributed by atoms with Crippen LogP contribution >= 0.6 is 15.9 Å². The van der Waals surface area contributed by atoms with E-state index in [4.69, 9.17) is 0 Å². The van der Waals surface area contributed by atoms with Crippen molar-refractivity contribution in [3.63, 3.8) is 0 Å². The van der Waals surface area contributed by atoms with Crippen LogP contribution in [0.3, 0.4) is 0 Å². The summed E-state index contributed by atoms with van der Waals surface area (Å²) in [5.74, 6) is 0.238. The number of carbonyl (C=O) groups excluding carboxylic acids is 1. The van der Waals surface area contributed by atoms with Crippen LogP contribution in [-0.2, 0) is 6.54 Å². The third-order valence-corrected chi connectivity index (χ3v) is 2.16. The Balaban J connectivity index is 2.77. The summed E-state index contributed by atoms with van der Waals surface area (Å²) in [5, 5.41) is 0. The number of ketones is 1. The topological polar surface area (TPSA) is 22.0 Å². The van der Waals surface area contributed by atoms with Gasteiger partial charge in [0.15, 0.2) is 5.78 Å². The monoisotopic (exact) mass is 255 g/mol. The average molecular weight is 256 g/mol. The van der Waals surface area contributed by atoms with Gasteiger partial charge in [-0.1, -0.05) is 36.4 Å². The van der Waals surface area contributed by atoms with Crippen molar-refractivity contribution in [3.05, 3.63) is 35.1 Å². The van der Waals surface area contributed by atoms with Crippen LogP contribution in [0.5, 0.6) is 0 Å². The molecule has 0 unspecified atom stereocenters. The number of Topliss-reactive ketones (excluding diaryl/α,β-unsaturated/α-hetero) is 1. The SMILES string of the molecule is C=C(Br)Cn1ccc(C(=O)C(C)C)c1. The molecule has 0 atom stereocenters. The van der Waals surface area contributed by atoms with Crippen molar-refractivity contribution in [3.8, 4) is 0 Å². The van der Waals surface area contributed by atoms with Crippen LogP contribution in [0.2, 0.25) is 0 Å². The first-order valence-corrected chi connectivity index (χ1v) is 5.33. The molecule has 0 aliphatic rings. The Kier molecular flexibility index (Phi) is 3.69. The molecule has 1 rings (SSSR count). The van der Waals surface area contributed by atoms with Gasteiger partial charge in [-0.3, -0.25) is 4.79 Å². The molecule has 0 aromatic carbocycles. The van der Waals surface area contributed by atoms with Crippen molar-refractivity contribution in [2.24, 2.45) is 5.92 Å². The third-order valence-electron chi connectivity index (χ3n) is 1.91. The molecule has 0 N–H and O–H groups in total. The molecular weight excluding hydrogens is 242 g/mol. The normalized spacial score (nSPS) is 10.6. The van der Waals surface area contributed by atoms with Crippen molar-refractivity contribution < 1.29 is 4.79 Å². The zero-order chi connectivity index (χ0) is 10.7. The summed E-state index contributed by atoms with van der Waals surface area (Å²) in [5.41, 5.74) is 0.772. The van der Waals surface area contributed by atoms with Crippen molar-refractivity contribution in [2.75, 3.05) is 0 Å². The van der Waals surface area contributed by atoms with Crippen LogP contribution in [0.25, 0.3) is 0 Å². The molecule has 0 radical (unpaired) electrons. The second-order valence-corrected chi connectivity index (χ2v) is 4.73. The maximum Gasteiger partial charge on any atom is 0.166 e. The Labute approximate surface area is 92.7 Å². The van der Waals surface area contributed by atoms with Gasteiger partial charge in [0.2, 0.25) is 0 Å². The van der Waals surface area contributed by atoms with Crippen LogP contribution in [0.15, 0.2) is 29.5 Å². The highest BCUT2D eigenvalue weighted by Crippen LogP contribution is 2.11. The summed E-state index contributed by atoms with van der Waals surface area (Å²) in [6.07, 6.45) is 3.75. The highest BCUT2D eigenvalue weighted by Gasteiger charge is 2.11. The van der Waals surface area contributed by atoms with E-state index in [0.29, 0.717) is 6.54 Å². The van der Waals surface area contributed by atoms with Crippen LogP contribution in [0, 0.1) is 5.92 Å². The highest BCUT2D eigenvalue weighted by atomic mass is 79.9. The highest BCUT2D eigenvalue weighted by molar-refractivity contribution is 9.11. The number of carbonyl (C=O) groups is 1. The minimum absolute atomic E-state index is 0.0537. The van der Waals surface area contributed by atoms with Crippen molar-refractivity contribution >= 4 is 21.7 Å². The van der Waals surface area contributed by atoms with Gasteiger partial charge >= 0.3 is 0 Å². The molecular formula is C11H14BrNO. The molecule has 0 spiro atoms. The zero-order valence-electron chi connectivity index (χ0n) is 8.46. The summed E-state index contributed by atoms with van der Waals surface area (Å²) in [7, 11) is 0. The maximum absolute atomic E-state index is 11.6. The number of halogens is 1. The van der Waals surface area contributed by atoms with E-state index in [1.165, 1.54) is 0 Å². The molecule has 1 heterocycles. The Morgan fingerprint density at radius 2 is 2.29 bits per heavy atom. The molecule has 0 aliphatic heterocycles. The predicted octanol–water partition coefficient (Wildman–Crippen LogP) is 3.24.